The van der Waals surface area contributed by atoms with E-state index in [0.29, 0.717) is 37.4 Å². The molecular formula is C20H24FN3O3S. The summed E-state index contributed by atoms with van der Waals surface area (Å²) in [7, 11) is -2.15. The third kappa shape index (κ3) is 4.34. The van der Waals surface area contributed by atoms with Gasteiger partial charge in [-0.25, -0.2) is 12.8 Å². The molecule has 1 fully saturated rings. The van der Waals surface area contributed by atoms with Gasteiger partial charge in [-0.2, -0.15) is 4.31 Å². The second-order valence-corrected chi connectivity index (χ2v) is 8.90. The first-order chi connectivity index (χ1) is 13.3. The van der Waals surface area contributed by atoms with Gasteiger partial charge in [0.15, 0.2) is 0 Å². The fourth-order valence-corrected chi connectivity index (χ4v) is 3.98. The molecule has 2 aromatic carbocycles. The molecule has 0 saturated carbocycles. The number of anilines is 1. The first-order valence-corrected chi connectivity index (χ1v) is 10.9. The van der Waals surface area contributed by atoms with Crippen LogP contribution in [0.3, 0.4) is 0 Å². The molecule has 3 rings (SSSR count). The van der Waals surface area contributed by atoms with Crippen LogP contribution in [0.2, 0.25) is 0 Å². The molecule has 150 valence electrons. The van der Waals surface area contributed by atoms with E-state index in [4.69, 9.17) is 0 Å². The Kier molecular flexibility index (Phi) is 6.00. The molecule has 8 heteroatoms. The predicted molar refractivity (Wildman–Crippen MR) is 107 cm³/mol. The minimum Gasteiger partial charge on any atom is -0.366 e. The summed E-state index contributed by atoms with van der Waals surface area (Å²) < 4.78 is 39.4. The van der Waals surface area contributed by atoms with Crippen LogP contribution in [0.1, 0.15) is 11.6 Å². The maximum absolute atomic E-state index is 14.0. The topological polar surface area (TPSA) is 60.9 Å². The number of halogens is 1. The number of amides is 1. The zero-order valence-electron chi connectivity index (χ0n) is 16.0. The molecule has 0 spiro atoms. The molecule has 1 aliphatic heterocycles. The fraction of sp³-hybridized carbons (Fsp3) is 0.350. The predicted octanol–water partition coefficient (Wildman–Crippen LogP) is 2.11. The van der Waals surface area contributed by atoms with Crippen LogP contribution >= 0.6 is 0 Å². The number of hydrogen-bond acceptors (Lipinski definition) is 4. The summed E-state index contributed by atoms with van der Waals surface area (Å²) in [5.41, 5.74) is 1.14. The molecule has 2 aromatic rings. The zero-order valence-corrected chi connectivity index (χ0v) is 16.8. The van der Waals surface area contributed by atoms with Crippen molar-refractivity contribution in [2.75, 3.05) is 44.4 Å². The molecule has 0 aromatic heterocycles. The minimum absolute atomic E-state index is 0.271. The van der Waals surface area contributed by atoms with Crippen LogP contribution in [-0.2, 0) is 14.8 Å². The first-order valence-electron chi connectivity index (χ1n) is 9.05. The van der Waals surface area contributed by atoms with Crippen molar-refractivity contribution in [3.63, 3.8) is 0 Å². The molecule has 1 saturated heterocycles. The Morgan fingerprint density at radius 2 is 1.57 bits per heavy atom. The number of carbonyl (C=O) groups excluding carboxylic acids is 1. The smallest absolute Gasteiger partial charge is 0.245 e. The Morgan fingerprint density at radius 3 is 2.14 bits per heavy atom. The molecule has 0 radical (unpaired) electrons. The van der Waals surface area contributed by atoms with E-state index in [9.17, 15) is 17.6 Å². The molecule has 1 atom stereocenters. The highest BCUT2D eigenvalue weighted by atomic mass is 32.2. The Morgan fingerprint density at radius 1 is 1.00 bits per heavy atom. The lowest BCUT2D eigenvalue weighted by Gasteiger charge is -2.38. The highest BCUT2D eigenvalue weighted by molar-refractivity contribution is 7.88. The van der Waals surface area contributed by atoms with Crippen LogP contribution < -0.4 is 4.90 Å². The van der Waals surface area contributed by atoms with Crippen molar-refractivity contribution in [2.45, 2.75) is 6.04 Å². The molecular weight excluding hydrogens is 381 g/mol. The van der Waals surface area contributed by atoms with E-state index in [0.717, 1.165) is 10.6 Å². The molecule has 1 amide bonds. The highest BCUT2D eigenvalue weighted by Gasteiger charge is 2.35. The zero-order chi connectivity index (χ0) is 20.3. The molecule has 28 heavy (non-hydrogen) atoms. The van der Waals surface area contributed by atoms with Gasteiger partial charge in [0.2, 0.25) is 15.9 Å². The van der Waals surface area contributed by atoms with Crippen molar-refractivity contribution >= 4 is 21.6 Å². The average molecular weight is 405 g/mol. The standard InChI is InChI=1S/C20H24FN3O3S/c1-22(28(2,26)27)19(16-8-4-3-5-9-16)20(25)24-14-12-23(13-15-24)18-11-7-6-10-17(18)21/h3-11,19H,12-15H2,1-2H3/t19-/m1/s1. The van der Waals surface area contributed by atoms with E-state index in [1.165, 1.54) is 13.1 Å². The molecule has 1 heterocycles. The lowest BCUT2D eigenvalue weighted by Crippen LogP contribution is -2.52. The van der Waals surface area contributed by atoms with Crippen LogP contribution in [0.15, 0.2) is 54.6 Å². The second kappa shape index (κ2) is 8.28. The van der Waals surface area contributed by atoms with Gasteiger partial charge in [0.25, 0.3) is 0 Å². The van der Waals surface area contributed by atoms with Crippen LogP contribution in [0.4, 0.5) is 10.1 Å². The summed E-state index contributed by atoms with van der Waals surface area (Å²) in [6.07, 6.45) is 1.09. The third-order valence-electron chi connectivity index (χ3n) is 5.02. The summed E-state index contributed by atoms with van der Waals surface area (Å²) in [6.45, 7) is 1.76. The summed E-state index contributed by atoms with van der Waals surface area (Å²) in [6, 6.07) is 14.5. The van der Waals surface area contributed by atoms with Gasteiger partial charge in [-0.15, -0.1) is 0 Å². The van der Waals surface area contributed by atoms with Gasteiger partial charge in [-0.1, -0.05) is 42.5 Å². The van der Waals surface area contributed by atoms with Crippen molar-refractivity contribution in [2.24, 2.45) is 0 Å². The van der Waals surface area contributed by atoms with Gasteiger partial charge in [0.05, 0.1) is 11.9 Å². The van der Waals surface area contributed by atoms with E-state index in [1.807, 2.05) is 11.0 Å². The number of rotatable bonds is 5. The lowest BCUT2D eigenvalue weighted by molar-refractivity contribution is -0.135. The quantitative estimate of drug-likeness (QED) is 0.765. The summed E-state index contributed by atoms with van der Waals surface area (Å²) in [4.78, 5) is 16.8. The monoisotopic (exact) mass is 405 g/mol. The summed E-state index contributed by atoms with van der Waals surface area (Å²) in [5, 5.41) is 0. The van der Waals surface area contributed by atoms with E-state index in [2.05, 4.69) is 0 Å². The van der Waals surface area contributed by atoms with Crippen LogP contribution in [0.5, 0.6) is 0 Å². The van der Waals surface area contributed by atoms with Crippen LogP contribution in [0, 0.1) is 5.82 Å². The van der Waals surface area contributed by atoms with Gasteiger partial charge in [0.1, 0.15) is 11.9 Å². The number of hydrogen-bond donors (Lipinski definition) is 0. The van der Waals surface area contributed by atoms with Gasteiger partial charge in [0, 0.05) is 33.2 Å². The Hall–Kier alpha value is -2.45. The highest BCUT2D eigenvalue weighted by Crippen LogP contribution is 2.26. The number of sulfonamides is 1. The first kappa shape index (κ1) is 20.3. The second-order valence-electron chi connectivity index (χ2n) is 6.86. The summed E-state index contributed by atoms with van der Waals surface area (Å²) >= 11 is 0. The minimum atomic E-state index is -3.57. The van der Waals surface area contributed by atoms with E-state index in [-0.39, 0.29) is 11.7 Å². The van der Waals surface area contributed by atoms with Crippen molar-refractivity contribution < 1.29 is 17.6 Å². The van der Waals surface area contributed by atoms with Gasteiger partial charge >= 0.3 is 0 Å². The molecule has 0 N–H and O–H groups in total. The van der Waals surface area contributed by atoms with Crippen molar-refractivity contribution in [3.05, 3.63) is 66.0 Å². The van der Waals surface area contributed by atoms with Crippen molar-refractivity contribution in [3.8, 4) is 0 Å². The lowest BCUT2D eigenvalue weighted by atomic mass is 10.1. The largest absolute Gasteiger partial charge is 0.366 e. The number of para-hydroxylation sites is 1. The van der Waals surface area contributed by atoms with E-state index in [1.54, 1.807) is 47.4 Å². The Bertz CT molecular complexity index is 929. The maximum atomic E-state index is 14.0. The summed E-state index contributed by atoms with van der Waals surface area (Å²) in [5.74, 6) is -0.562. The van der Waals surface area contributed by atoms with Crippen molar-refractivity contribution in [1.82, 2.24) is 9.21 Å². The number of nitrogens with zero attached hydrogens (tertiary/aromatic N) is 3. The number of piperazine rings is 1. The molecule has 0 unspecified atom stereocenters. The third-order valence-corrected chi connectivity index (χ3v) is 6.28. The average Bonchev–Trinajstić information content (AvgIpc) is 2.69. The molecule has 1 aliphatic rings. The Balaban J connectivity index is 1.78. The molecule has 0 aliphatic carbocycles. The fourth-order valence-electron chi connectivity index (χ4n) is 3.38. The van der Waals surface area contributed by atoms with Crippen molar-refractivity contribution in [1.29, 1.82) is 0 Å². The number of carbonyl (C=O) groups is 1. The molecule has 0 bridgehead atoms. The SMILES string of the molecule is CN([C@@H](C(=O)N1CCN(c2ccccc2F)CC1)c1ccccc1)S(C)(=O)=O. The van der Waals surface area contributed by atoms with Gasteiger partial charge in [-0.3, -0.25) is 4.79 Å². The van der Waals surface area contributed by atoms with Gasteiger partial charge in [-0.05, 0) is 17.7 Å². The van der Waals surface area contributed by atoms with E-state index >= 15 is 0 Å². The Labute approximate surface area is 165 Å². The number of likely N-dealkylation sites (N-methyl/N-ethyl adjacent to an activating group) is 1. The maximum Gasteiger partial charge on any atom is 0.245 e. The van der Waals surface area contributed by atoms with Crippen LogP contribution in [0.25, 0.3) is 0 Å². The molecule has 6 nitrogen and oxygen atoms in total. The normalized spacial score (nSPS) is 16.3. The van der Waals surface area contributed by atoms with Crippen LogP contribution in [-0.4, -0.2) is 63.0 Å². The van der Waals surface area contributed by atoms with E-state index < -0.39 is 16.1 Å². The number of benzene rings is 2. The van der Waals surface area contributed by atoms with Gasteiger partial charge < -0.3 is 9.80 Å².